The molecular formula is C13H13BrFNO4. The molecule has 0 fully saturated rings. The molecule has 0 saturated heterocycles. The molecule has 1 aromatic carbocycles. The van der Waals surface area contributed by atoms with Crippen LogP contribution < -0.4 is 9.64 Å². The Morgan fingerprint density at radius 1 is 1.55 bits per heavy atom. The predicted octanol–water partition coefficient (Wildman–Crippen LogP) is 2.51. The summed E-state index contributed by atoms with van der Waals surface area (Å²) in [4.78, 5) is 25.1. The Morgan fingerprint density at radius 2 is 2.20 bits per heavy atom. The molecule has 0 saturated carbocycles. The minimum atomic E-state index is -0.725. The van der Waals surface area contributed by atoms with E-state index in [1.165, 1.54) is 18.9 Å². The summed E-state index contributed by atoms with van der Waals surface area (Å²) in [6, 6.07) is 0.771. The smallest absolute Gasteiger partial charge is 0.340 e. The van der Waals surface area contributed by atoms with E-state index in [1.807, 2.05) is 0 Å². The fourth-order valence-electron chi connectivity index (χ4n) is 2.20. The van der Waals surface area contributed by atoms with Crippen LogP contribution in [-0.4, -0.2) is 31.6 Å². The first-order valence-corrected chi connectivity index (χ1v) is 6.70. The molecule has 1 atom stereocenters. The summed E-state index contributed by atoms with van der Waals surface area (Å²) in [6.45, 7) is 3.38. The van der Waals surface area contributed by atoms with Crippen molar-refractivity contribution >= 4 is 33.5 Å². The van der Waals surface area contributed by atoms with Crippen LogP contribution in [-0.2, 0) is 9.53 Å². The van der Waals surface area contributed by atoms with Gasteiger partial charge in [0.25, 0.3) is 0 Å². The maximum Gasteiger partial charge on any atom is 0.340 e. The molecular weight excluding hydrogens is 333 g/mol. The third-order valence-electron chi connectivity index (χ3n) is 3.05. The van der Waals surface area contributed by atoms with Crippen molar-refractivity contribution in [3.05, 3.63) is 21.9 Å². The number of ether oxygens (including phenoxy) is 2. The van der Waals surface area contributed by atoms with Crippen LogP contribution in [0.15, 0.2) is 10.5 Å². The van der Waals surface area contributed by atoms with Gasteiger partial charge in [-0.2, -0.15) is 0 Å². The van der Waals surface area contributed by atoms with Crippen molar-refractivity contribution in [2.24, 2.45) is 0 Å². The lowest BCUT2D eigenvalue weighted by atomic mass is 10.1. The summed E-state index contributed by atoms with van der Waals surface area (Å²) < 4.78 is 24.1. The van der Waals surface area contributed by atoms with Gasteiger partial charge in [-0.25, -0.2) is 9.18 Å². The van der Waals surface area contributed by atoms with Crippen molar-refractivity contribution in [2.75, 3.05) is 18.6 Å². The van der Waals surface area contributed by atoms with Gasteiger partial charge in [-0.3, -0.25) is 4.79 Å². The van der Waals surface area contributed by atoms with Crippen LogP contribution in [0.1, 0.15) is 24.2 Å². The lowest BCUT2D eigenvalue weighted by Gasteiger charge is -2.36. The van der Waals surface area contributed by atoms with Crippen LogP contribution >= 0.6 is 15.9 Å². The topological polar surface area (TPSA) is 55.8 Å². The molecule has 1 heterocycles. The number of benzene rings is 1. The average Bonchev–Trinajstić information content (AvgIpc) is 2.41. The molecule has 1 aliphatic rings. The van der Waals surface area contributed by atoms with Crippen LogP contribution in [0.2, 0.25) is 0 Å². The van der Waals surface area contributed by atoms with Gasteiger partial charge in [0, 0.05) is 6.92 Å². The van der Waals surface area contributed by atoms with Gasteiger partial charge in [0.15, 0.2) is 5.75 Å². The van der Waals surface area contributed by atoms with E-state index in [9.17, 15) is 14.0 Å². The van der Waals surface area contributed by atoms with Crippen molar-refractivity contribution < 1.29 is 23.5 Å². The maximum atomic E-state index is 13.9. The highest BCUT2D eigenvalue weighted by atomic mass is 79.9. The Morgan fingerprint density at radius 3 is 2.75 bits per heavy atom. The molecule has 1 aromatic rings. The summed E-state index contributed by atoms with van der Waals surface area (Å²) in [7, 11) is 1.19. The number of rotatable bonds is 1. The summed E-state index contributed by atoms with van der Waals surface area (Å²) >= 11 is 3.08. The summed E-state index contributed by atoms with van der Waals surface area (Å²) in [5, 5.41) is 0. The van der Waals surface area contributed by atoms with E-state index in [2.05, 4.69) is 20.7 Å². The lowest BCUT2D eigenvalue weighted by Crippen LogP contribution is -2.45. The molecule has 0 spiro atoms. The predicted molar refractivity (Wildman–Crippen MR) is 73.6 cm³/mol. The van der Waals surface area contributed by atoms with Gasteiger partial charge in [-0.05, 0) is 28.9 Å². The van der Waals surface area contributed by atoms with Gasteiger partial charge in [0.2, 0.25) is 5.91 Å². The normalized spacial score (nSPS) is 17.2. The number of halogens is 2. The second-order valence-corrected chi connectivity index (χ2v) is 5.23. The monoisotopic (exact) mass is 345 g/mol. The number of hydrogen-bond donors (Lipinski definition) is 0. The third kappa shape index (κ3) is 2.26. The van der Waals surface area contributed by atoms with Gasteiger partial charge in [-0.15, -0.1) is 0 Å². The van der Waals surface area contributed by atoms with Crippen molar-refractivity contribution in [3.63, 3.8) is 0 Å². The largest absolute Gasteiger partial charge is 0.488 e. The molecule has 0 aromatic heterocycles. The van der Waals surface area contributed by atoms with Crippen LogP contribution in [0, 0.1) is 5.82 Å². The Bertz CT molecular complexity index is 590. The Kier molecular flexibility index (Phi) is 3.99. The van der Waals surface area contributed by atoms with Crippen LogP contribution in [0.4, 0.5) is 10.1 Å². The first-order valence-electron chi connectivity index (χ1n) is 5.91. The van der Waals surface area contributed by atoms with Gasteiger partial charge >= 0.3 is 5.97 Å². The maximum absolute atomic E-state index is 13.9. The zero-order chi connectivity index (χ0) is 15.0. The van der Waals surface area contributed by atoms with Crippen molar-refractivity contribution in [1.82, 2.24) is 0 Å². The highest BCUT2D eigenvalue weighted by Crippen LogP contribution is 2.44. The zero-order valence-electron chi connectivity index (χ0n) is 11.2. The number of fused-ring (bicyclic) bond motifs is 1. The highest BCUT2D eigenvalue weighted by Gasteiger charge is 2.35. The summed E-state index contributed by atoms with van der Waals surface area (Å²) in [5.41, 5.74) is 0.196. The van der Waals surface area contributed by atoms with Crippen molar-refractivity contribution in [2.45, 2.75) is 19.9 Å². The number of carbonyl (C=O) groups excluding carboxylic acids is 2. The third-order valence-corrected chi connectivity index (χ3v) is 3.78. The van der Waals surface area contributed by atoms with Crippen molar-refractivity contribution in [3.8, 4) is 5.75 Å². The highest BCUT2D eigenvalue weighted by molar-refractivity contribution is 9.10. The number of anilines is 1. The van der Waals surface area contributed by atoms with E-state index in [4.69, 9.17) is 4.74 Å². The Balaban J connectivity index is 2.75. The molecule has 5 nitrogen and oxygen atoms in total. The van der Waals surface area contributed by atoms with E-state index in [-0.39, 0.29) is 40.0 Å². The number of carbonyl (C=O) groups is 2. The number of esters is 1. The second-order valence-electron chi connectivity index (χ2n) is 4.44. The molecule has 1 amide bonds. The molecule has 7 heteroatoms. The van der Waals surface area contributed by atoms with Gasteiger partial charge < -0.3 is 14.4 Å². The molecule has 2 rings (SSSR count). The Labute approximate surface area is 123 Å². The van der Waals surface area contributed by atoms with E-state index in [0.717, 1.165) is 6.07 Å². The van der Waals surface area contributed by atoms with Crippen molar-refractivity contribution in [1.29, 1.82) is 0 Å². The minimum absolute atomic E-state index is 0.0371. The number of methoxy groups -OCH3 is 1. The Hall–Kier alpha value is -1.63. The van der Waals surface area contributed by atoms with E-state index < -0.39 is 11.8 Å². The van der Waals surface area contributed by atoms with Gasteiger partial charge in [-0.1, -0.05) is 0 Å². The molecule has 20 heavy (non-hydrogen) atoms. The molecule has 0 unspecified atom stereocenters. The molecule has 1 aliphatic heterocycles. The fraction of sp³-hybridized carbons (Fsp3) is 0.385. The van der Waals surface area contributed by atoms with Crippen LogP contribution in [0.25, 0.3) is 0 Å². The number of nitrogens with zero attached hydrogens (tertiary/aromatic N) is 1. The number of amides is 1. The molecule has 0 aliphatic carbocycles. The molecule has 108 valence electrons. The van der Waals surface area contributed by atoms with Crippen LogP contribution in [0.5, 0.6) is 5.75 Å². The average molecular weight is 346 g/mol. The molecule has 0 N–H and O–H groups in total. The summed E-state index contributed by atoms with van der Waals surface area (Å²) in [5.74, 6) is -1.50. The minimum Gasteiger partial charge on any atom is -0.488 e. The first-order chi connectivity index (χ1) is 9.38. The van der Waals surface area contributed by atoms with Gasteiger partial charge in [0.1, 0.15) is 18.1 Å². The fourth-order valence-corrected chi connectivity index (χ4v) is 2.61. The van der Waals surface area contributed by atoms with Crippen LogP contribution in [0.3, 0.4) is 0 Å². The standard InChI is InChI=1S/C13H13BrFNO4/c1-6-5-20-12-10(14)9(15)4-8(13(18)19-3)11(12)16(6)7(2)17/h4,6H,5H2,1-3H3/t6-/m0/s1. The number of hydrogen-bond acceptors (Lipinski definition) is 4. The molecule has 0 radical (unpaired) electrons. The SMILES string of the molecule is COC(=O)c1cc(F)c(Br)c2c1N(C(C)=O)[C@@H](C)CO2. The van der Waals surface area contributed by atoms with E-state index >= 15 is 0 Å². The summed E-state index contributed by atoms with van der Waals surface area (Å²) in [6.07, 6.45) is 0. The quantitative estimate of drug-likeness (QED) is 0.734. The lowest BCUT2D eigenvalue weighted by molar-refractivity contribution is -0.117. The molecule has 0 bridgehead atoms. The first kappa shape index (κ1) is 14.8. The van der Waals surface area contributed by atoms with Gasteiger partial charge in [0.05, 0.1) is 23.2 Å². The second kappa shape index (κ2) is 5.40. The van der Waals surface area contributed by atoms with E-state index in [0.29, 0.717) is 0 Å². The van der Waals surface area contributed by atoms with E-state index in [1.54, 1.807) is 6.92 Å². The zero-order valence-corrected chi connectivity index (χ0v) is 12.8.